The fourth-order valence-corrected chi connectivity index (χ4v) is 3.01. The molecule has 0 saturated carbocycles. The summed E-state index contributed by atoms with van der Waals surface area (Å²) in [4.78, 5) is 25.8. The molecule has 0 fully saturated rings. The van der Waals surface area contributed by atoms with Crippen LogP contribution in [0, 0.1) is 0 Å². The second-order valence-corrected chi connectivity index (χ2v) is 5.96. The van der Waals surface area contributed by atoms with Crippen molar-refractivity contribution in [1.29, 1.82) is 0 Å². The number of rotatable bonds is 6. The van der Waals surface area contributed by atoms with E-state index in [1.165, 1.54) is 16.7 Å². The summed E-state index contributed by atoms with van der Waals surface area (Å²) < 4.78 is 0.627. The molecule has 110 valence electrons. The second-order valence-electron chi connectivity index (χ2n) is 4.17. The number of benzene rings is 1. The number of nitrogens with two attached hydrogens (primary N) is 1. The average Bonchev–Trinajstić information content (AvgIpc) is 2.87. The van der Waals surface area contributed by atoms with Crippen LogP contribution in [0.25, 0.3) is 0 Å². The Hall–Kier alpha value is -1.93. The molecule has 0 unspecified atom stereocenters. The van der Waals surface area contributed by atoms with Crippen molar-refractivity contribution in [3.05, 3.63) is 44.3 Å². The number of carboxylic acids is 1. The second kappa shape index (κ2) is 6.68. The van der Waals surface area contributed by atoms with Crippen LogP contribution in [0.5, 0.6) is 0 Å². The third-order valence-corrected chi connectivity index (χ3v) is 4.24. The molecule has 1 aromatic carbocycles. The zero-order chi connectivity index (χ0) is 15.4. The van der Waals surface area contributed by atoms with E-state index < -0.39 is 11.9 Å². The van der Waals surface area contributed by atoms with E-state index in [1.807, 2.05) is 0 Å². The molecule has 6 nitrogen and oxygen atoms in total. The molecule has 0 radical (unpaired) electrons. The van der Waals surface area contributed by atoms with Gasteiger partial charge in [-0.15, -0.1) is 11.3 Å². The number of nitrogens with one attached hydrogen (secondary N) is 1. The Morgan fingerprint density at radius 3 is 2.76 bits per heavy atom. The van der Waals surface area contributed by atoms with Gasteiger partial charge >= 0.3 is 5.97 Å². The predicted molar refractivity (Wildman–Crippen MR) is 83.9 cm³/mol. The first-order valence-corrected chi connectivity index (χ1v) is 7.65. The van der Waals surface area contributed by atoms with Crippen molar-refractivity contribution >= 4 is 44.8 Å². The minimum atomic E-state index is -1.02. The number of nitrogens with zero attached hydrogens (tertiary/aromatic N) is 1. The van der Waals surface area contributed by atoms with E-state index in [9.17, 15) is 9.59 Å². The van der Waals surface area contributed by atoms with E-state index in [-0.39, 0.29) is 5.69 Å². The molecule has 1 heterocycles. The summed E-state index contributed by atoms with van der Waals surface area (Å²) in [6.45, 7) is 0.606. The smallest absolute Gasteiger partial charge is 0.355 e. The number of thiazole rings is 1. The largest absolute Gasteiger partial charge is 0.476 e. The summed E-state index contributed by atoms with van der Waals surface area (Å²) in [6.07, 6.45) is 0.618. The molecule has 0 aliphatic heterocycles. The normalized spacial score (nSPS) is 10.3. The van der Waals surface area contributed by atoms with E-state index in [4.69, 9.17) is 10.8 Å². The lowest BCUT2D eigenvalue weighted by Gasteiger charge is -2.07. The third kappa shape index (κ3) is 4.02. The molecule has 1 aromatic heterocycles. The summed E-state index contributed by atoms with van der Waals surface area (Å²) in [5.41, 5.74) is 6.55. The van der Waals surface area contributed by atoms with Crippen LogP contribution in [-0.4, -0.2) is 28.5 Å². The van der Waals surface area contributed by atoms with Crippen LogP contribution in [0.3, 0.4) is 0 Å². The standard InChI is InChI=1S/C13H12BrN3O3S/c14-9-5-7(1-2-8(9)12(15)18)16-4-3-11-17-10(6-21-11)13(19)20/h1-2,5-6,16H,3-4H2,(H2,15,18)(H,19,20). The van der Waals surface area contributed by atoms with Gasteiger partial charge in [-0.1, -0.05) is 0 Å². The number of carbonyl (C=O) groups is 2. The van der Waals surface area contributed by atoms with E-state index in [1.54, 1.807) is 18.2 Å². The molecule has 0 aliphatic rings. The Balaban J connectivity index is 1.92. The highest BCUT2D eigenvalue weighted by Crippen LogP contribution is 2.21. The van der Waals surface area contributed by atoms with Crippen molar-refractivity contribution in [3.63, 3.8) is 0 Å². The van der Waals surface area contributed by atoms with Gasteiger partial charge in [0.1, 0.15) is 0 Å². The lowest BCUT2D eigenvalue weighted by Crippen LogP contribution is -2.12. The van der Waals surface area contributed by atoms with Crippen molar-refractivity contribution in [2.75, 3.05) is 11.9 Å². The third-order valence-electron chi connectivity index (χ3n) is 2.67. The quantitative estimate of drug-likeness (QED) is 0.724. The Morgan fingerprint density at radius 1 is 1.43 bits per heavy atom. The van der Waals surface area contributed by atoms with Gasteiger partial charge in [0.25, 0.3) is 0 Å². The summed E-state index contributed by atoms with van der Waals surface area (Å²) >= 11 is 4.61. The van der Waals surface area contributed by atoms with Crippen molar-refractivity contribution in [2.45, 2.75) is 6.42 Å². The number of anilines is 1. The SMILES string of the molecule is NC(=O)c1ccc(NCCc2nc(C(=O)O)cs2)cc1Br. The van der Waals surface area contributed by atoms with E-state index in [0.717, 1.165) is 10.7 Å². The summed E-state index contributed by atoms with van der Waals surface area (Å²) in [5, 5.41) is 14.2. The van der Waals surface area contributed by atoms with Gasteiger partial charge in [-0.25, -0.2) is 9.78 Å². The maximum atomic E-state index is 11.1. The number of hydrogen-bond donors (Lipinski definition) is 3. The van der Waals surface area contributed by atoms with Crippen molar-refractivity contribution in [2.24, 2.45) is 5.73 Å². The number of aromatic carboxylic acids is 1. The molecule has 2 rings (SSSR count). The molecular weight excluding hydrogens is 358 g/mol. The van der Waals surface area contributed by atoms with Crippen LogP contribution in [0.4, 0.5) is 5.69 Å². The van der Waals surface area contributed by atoms with Gasteiger partial charge < -0.3 is 16.2 Å². The highest BCUT2D eigenvalue weighted by Gasteiger charge is 2.09. The molecule has 2 aromatic rings. The molecule has 0 aliphatic carbocycles. The van der Waals surface area contributed by atoms with Gasteiger partial charge in [0.2, 0.25) is 5.91 Å². The summed E-state index contributed by atoms with van der Waals surface area (Å²) in [6, 6.07) is 5.17. The van der Waals surface area contributed by atoms with Crippen LogP contribution in [0.2, 0.25) is 0 Å². The van der Waals surface area contributed by atoms with Crippen LogP contribution in [0.1, 0.15) is 25.9 Å². The zero-order valence-corrected chi connectivity index (χ0v) is 13.2. The molecule has 8 heteroatoms. The first-order valence-electron chi connectivity index (χ1n) is 5.98. The van der Waals surface area contributed by atoms with E-state index in [0.29, 0.717) is 23.0 Å². The van der Waals surface area contributed by atoms with Crippen LogP contribution >= 0.6 is 27.3 Å². The number of aromatic nitrogens is 1. The topological polar surface area (TPSA) is 105 Å². The highest BCUT2D eigenvalue weighted by atomic mass is 79.9. The molecule has 4 N–H and O–H groups in total. The fraction of sp³-hybridized carbons (Fsp3) is 0.154. The minimum Gasteiger partial charge on any atom is -0.476 e. The van der Waals surface area contributed by atoms with Crippen molar-refractivity contribution in [1.82, 2.24) is 4.98 Å². The average molecular weight is 370 g/mol. The summed E-state index contributed by atoms with van der Waals surface area (Å²) in [7, 11) is 0. The Bertz CT molecular complexity index is 687. The molecule has 0 atom stereocenters. The highest BCUT2D eigenvalue weighted by molar-refractivity contribution is 9.10. The number of amides is 1. The Morgan fingerprint density at radius 2 is 2.19 bits per heavy atom. The van der Waals surface area contributed by atoms with Crippen molar-refractivity contribution in [3.8, 4) is 0 Å². The first kappa shape index (κ1) is 15.5. The van der Waals surface area contributed by atoms with Gasteiger partial charge in [0, 0.05) is 28.5 Å². The lowest BCUT2D eigenvalue weighted by atomic mass is 10.2. The van der Waals surface area contributed by atoms with E-state index >= 15 is 0 Å². The first-order chi connectivity index (χ1) is 9.97. The maximum Gasteiger partial charge on any atom is 0.355 e. The maximum absolute atomic E-state index is 11.1. The monoisotopic (exact) mass is 369 g/mol. The predicted octanol–water partition coefficient (Wildman–Crippen LogP) is 2.36. The van der Waals surface area contributed by atoms with E-state index in [2.05, 4.69) is 26.2 Å². The number of primary amides is 1. The van der Waals surface area contributed by atoms with Crippen LogP contribution < -0.4 is 11.1 Å². The van der Waals surface area contributed by atoms with Crippen molar-refractivity contribution < 1.29 is 14.7 Å². The Labute approximate surface area is 133 Å². The van der Waals surface area contributed by atoms with Gasteiger partial charge in [0.05, 0.1) is 10.6 Å². The van der Waals surface area contributed by atoms with Crippen LogP contribution in [0.15, 0.2) is 28.1 Å². The van der Waals surface area contributed by atoms with Gasteiger partial charge in [-0.05, 0) is 34.1 Å². The number of halogens is 1. The van der Waals surface area contributed by atoms with Crippen LogP contribution in [-0.2, 0) is 6.42 Å². The molecule has 0 saturated heterocycles. The van der Waals surface area contributed by atoms with Gasteiger partial charge in [0.15, 0.2) is 5.69 Å². The molecule has 21 heavy (non-hydrogen) atoms. The molecule has 1 amide bonds. The number of hydrogen-bond acceptors (Lipinski definition) is 5. The summed E-state index contributed by atoms with van der Waals surface area (Å²) in [5.74, 6) is -1.51. The molecular formula is C13H12BrN3O3S. The lowest BCUT2D eigenvalue weighted by molar-refractivity contribution is 0.0691. The number of carbonyl (C=O) groups excluding carboxylic acids is 1. The molecule has 0 bridgehead atoms. The van der Waals surface area contributed by atoms with Gasteiger partial charge in [-0.3, -0.25) is 4.79 Å². The zero-order valence-electron chi connectivity index (χ0n) is 10.8. The fourth-order valence-electron chi connectivity index (χ4n) is 1.66. The number of carboxylic acid groups (broad SMARTS) is 1. The Kier molecular flexibility index (Phi) is 4.92. The van der Waals surface area contributed by atoms with Gasteiger partial charge in [-0.2, -0.15) is 0 Å². The minimum absolute atomic E-state index is 0.0727. The molecule has 0 spiro atoms.